The van der Waals surface area contributed by atoms with E-state index in [2.05, 4.69) is 5.32 Å². The average molecular weight is 246 g/mol. The third kappa shape index (κ3) is 2.08. The summed E-state index contributed by atoms with van der Waals surface area (Å²) in [6.45, 7) is 0.558. The molecule has 1 aliphatic heterocycles. The Kier molecular flexibility index (Phi) is 2.74. The van der Waals surface area contributed by atoms with Crippen molar-refractivity contribution in [2.24, 2.45) is 5.73 Å². The highest BCUT2D eigenvalue weighted by atomic mass is 16.5. The lowest BCUT2D eigenvalue weighted by molar-refractivity contribution is -0.127. The van der Waals surface area contributed by atoms with Crippen molar-refractivity contribution in [1.29, 1.82) is 0 Å². The van der Waals surface area contributed by atoms with E-state index in [1.807, 2.05) is 24.3 Å². The maximum atomic E-state index is 12.0. The van der Waals surface area contributed by atoms with Crippen molar-refractivity contribution in [3.63, 3.8) is 0 Å². The van der Waals surface area contributed by atoms with E-state index in [9.17, 15) is 4.79 Å². The lowest BCUT2D eigenvalue weighted by Gasteiger charge is -2.38. The fourth-order valence-electron chi connectivity index (χ4n) is 2.51. The number of benzene rings is 1. The Balaban J connectivity index is 1.56. The minimum absolute atomic E-state index is 0.0528. The summed E-state index contributed by atoms with van der Waals surface area (Å²) in [6.07, 6.45) is 3.42. The van der Waals surface area contributed by atoms with Gasteiger partial charge in [-0.1, -0.05) is 18.2 Å². The first kappa shape index (κ1) is 11.5. The monoisotopic (exact) mass is 246 g/mol. The molecule has 1 aromatic carbocycles. The van der Waals surface area contributed by atoms with Crippen LogP contribution in [-0.2, 0) is 11.2 Å². The molecular weight excluding hydrogens is 228 g/mol. The zero-order valence-corrected chi connectivity index (χ0v) is 10.3. The van der Waals surface area contributed by atoms with Gasteiger partial charge >= 0.3 is 0 Å². The van der Waals surface area contributed by atoms with Crippen molar-refractivity contribution in [1.82, 2.24) is 5.32 Å². The van der Waals surface area contributed by atoms with E-state index in [4.69, 9.17) is 10.5 Å². The molecule has 18 heavy (non-hydrogen) atoms. The molecule has 2 aliphatic rings. The highest BCUT2D eigenvalue weighted by Crippen LogP contribution is 2.29. The standard InChI is InChI=1S/C14H18N2O2/c15-14(6-3-7-14)9-16-13(17)12-8-10-4-1-2-5-11(10)18-12/h1-2,4-5,12H,3,6-9,15H2,(H,16,17). The summed E-state index contributed by atoms with van der Waals surface area (Å²) in [5.41, 5.74) is 7.00. The first-order chi connectivity index (χ1) is 8.66. The molecule has 1 aromatic rings. The number of fused-ring (bicyclic) bond motifs is 1. The number of carbonyl (C=O) groups excluding carboxylic acids is 1. The lowest BCUT2D eigenvalue weighted by atomic mass is 9.78. The van der Waals surface area contributed by atoms with Gasteiger partial charge in [-0.2, -0.15) is 0 Å². The van der Waals surface area contributed by atoms with Gasteiger partial charge < -0.3 is 15.8 Å². The minimum atomic E-state index is -0.397. The van der Waals surface area contributed by atoms with Gasteiger partial charge in [0.2, 0.25) is 0 Å². The molecule has 1 amide bonds. The topological polar surface area (TPSA) is 64.3 Å². The molecule has 1 atom stereocenters. The molecule has 3 N–H and O–H groups in total. The molecule has 1 heterocycles. The maximum absolute atomic E-state index is 12.0. The Morgan fingerprint density at radius 2 is 2.22 bits per heavy atom. The van der Waals surface area contributed by atoms with Gasteiger partial charge in [-0.25, -0.2) is 0 Å². The predicted octanol–water partition coefficient (Wildman–Crippen LogP) is 0.988. The van der Waals surface area contributed by atoms with Gasteiger partial charge in [-0.05, 0) is 30.9 Å². The van der Waals surface area contributed by atoms with E-state index < -0.39 is 6.10 Å². The van der Waals surface area contributed by atoms with Gasteiger partial charge in [0.1, 0.15) is 5.75 Å². The maximum Gasteiger partial charge on any atom is 0.261 e. The van der Waals surface area contributed by atoms with Crippen LogP contribution in [0.1, 0.15) is 24.8 Å². The molecule has 4 nitrogen and oxygen atoms in total. The molecule has 1 fully saturated rings. The second-order valence-corrected chi connectivity index (χ2v) is 5.35. The SMILES string of the molecule is NC1(CNC(=O)C2Cc3ccccc3O2)CCC1. The largest absolute Gasteiger partial charge is 0.480 e. The summed E-state index contributed by atoms with van der Waals surface area (Å²) >= 11 is 0. The van der Waals surface area contributed by atoms with Crippen molar-refractivity contribution in [3.05, 3.63) is 29.8 Å². The Labute approximate surface area is 107 Å². The van der Waals surface area contributed by atoms with E-state index in [1.54, 1.807) is 0 Å². The number of hydrogen-bond acceptors (Lipinski definition) is 3. The molecule has 1 unspecified atom stereocenters. The third-order valence-corrected chi connectivity index (χ3v) is 3.90. The van der Waals surface area contributed by atoms with E-state index >= 15 is 0 Å². The highest BCUT2D eigenvalue weighted by Gasteiger charge is 2.35. The summed E-state index contributed by atoms with van der Waals surface area (Å²) in [5.74, 6) is 0.770. The molecule has 1 aliphatic carbocycles. The van der Waals surface area contributed by atoms with Crippen LogP contribution in [0.5, 0.6) is 5.75 Å². The fraction of sp³-hybridized carbons (Fsp3) is 0.500. The van der Waals surface area contributed by atoms with E-state index in [1.165, 1.54) is 0 Å². The van der Waals surface area contributed by atoms with Crippen molar-refractivity contribution >= 4 is 5.91 Å². The Bertz CT molecular complexity index is 444. The summed E-state index contributed by atoms with van der Waals surface area (Å²) in [6, 6.07) is 7.78. The number of carbonyl (C=O) groups is 1. The Hall–Kier alpha value is -1.55. The zero-order valence-electron chi connectivity index (χ0n) is 10.3. The smallest absolute Gasteiger partial charge is 0.261 e. The molecule has 96 valence electrons. The summed E-state index contributed by atoms with van der Waals surface area (Å²) in [4.78, 5) is 12.0. The molecule has 4 heteroatoms. The van der Waals surface area contributed by atoms with Crippen LogP contribution in [0, 0.1) is 0 Å². The predicted molar refractivity (Wildman–Crippen MR) is 68.3 cm³/mol. The van der Waals surface area contributed by atoms with Gasteiger partial charge in [0.15, 0.2) is 6.10 Å². The van der Waals surface area contributed by atoms with Crippen molar-refractivity contribution in [2.75, 3.05) is 6.54 Å². The van der Waals surface area contributed by atoms with Crippen LogP contribution in [0.3, 0.4) is 0 Å². The van der Waals surface area contributed by atoms with Crippen molar-refractivity contribution in [3.8, 4) is 5.75 Å². The molecular formula is C14H18N2O2. The second kappa shape index (κ2) is 4.28. The molecule has 0 spiro atoms. The van der Waals surface area contributed by atoms with Crippen LogP contribution in [0.2, 0.25) is 0 Å². The molecule has 0 bridgehead atoms. The normalized spacial score (nSPS) is 23.7. The molecule has 3 rings (SSSR count). The van der Waals surface area contributed by atoms with Gasteiger partial charge in [0.25, 0.3) is 5.91 Å². The van der Waals surface area contributed by atoms with Gasteiger partial charge in [-0.3, -0.25) is 4.79 Å². The van der Waals surface area contributed by atoms with Crippen LogP contribution >= 0.6 is 0 Å². The number of nitrogens with two attached hydrogens (primary N) is 1. The fourth-order valence-corrected chi connectivity index (χ4v) is 2.51. The third-order valence-electron chi connectivity index (χ3n) is 3.90. The summed E-state index contributed by atoms with van der Waals surface area (Å²) in [5, 5.41) is 2.91. The van der Waals surface area contributed by atoms with Gasteiger partial charge in [-0.15, -0.1) is 0 Å². The van der Waals surface area contributed by atoms with Crippen molar-refractivity contribution < 1.29 is 9.53 Å². The Morgan fingerprint density at radius 1 is 1.44 bits per heavy atom. The summed E-state index contributed by atoms with van der Waals surface area (Å²) < 4.78 is 5.63. The minimum Gasteiger partial charge on any atom is -0.480 e. The van der Waals surface area contributed by atoms with Crippen LogP contribution in [0.4, 0.5) is 0 Å². The number of rotatable bonds is 3. The number of para-hydroxylation sites is 1. The first-order valence-electron chi connectivity index (χ1n) is 6.47. The van der Waals surface area contributed by atoms with Crippen LogP contribution in [0.25, 0.3) is 0 Å². The van der Waals surface area contributed by atoms with E-state index in [0.29, 0.717) is 13.0 Å². The average Bonchev–Trinajstić information content (AvgIpc) is 2.77. The van der Waals surface area contributed by atoms with Crippen molar-refractivity contribution in [2.45, 2.75) is 37.3 Å². The van der Waals surface area contributed by atoms with Crippen LogP contribution < -0.4 is 15.8 Å². The van der Waals surface area contributed by atoms with E-state index in [0.717, 1.165) is 30.6 Å². The van der Waals surface area contributed by atoms with E-state index in [-0.39, 0.29) is 11.4 Å². The summed E-state index contributed by atoms with van der Waals surface area (Å²) in [7, 11) is 0. The second-order valence-electron chi connectivity index (χ2n) is 5.35. The number of nitrogens with one attached hydrogen (secondary N) is 1. The number of ether oxygens (including phenoxy) is 1. The lowest BCUT2D eigenvalue weighted by Crippen LogP contribution is -2.56. The zero-order chi connectivity index (χ0) is 12.6. The van der Waals surface area contributed by atoms with Gasteiger partial charge in [0, 0.05) is 18.5 Å². The van der Waals surface area contributed by atoms with Gasteiger partial charge in [0.05, 0.1) is 0 Å². The quantitative estimate of drug-likeness (QED) is 0.836. The highest BCUT2D eigenvalue weighted by molar-refractivity contribution is 5.82. The first-order valence-corrected chi connectivity index (χ1v) is 6.47. The molecule has 1 saturated carbocycles. The Morgan fingerprint density at radius 3 is 2.89 bits per heavy atom. The van der Waals surface area contributed by atoms with Crippen LogP contribution in [-0.4, -0.2) is 24.1 Å². The molecule has 0 radical (unpaired) electrons. The molecule has 0 saturated heterocycles. The number of amides is 1. The molecule has 0 aromatic heterocycles. The van der Waals surface area contributed by atoms with Crippen LogP contribution in [0.15, 0.2) is 24.3 Å². The number of hydrogen-bond donors (Lipinski definition) is 2.